The molecule has 0 bridgehead atoms. The average Bonchev–Trinajstić information content (AvgIpc) is 3.13. The molecule has 2 N–H and O–H groups in total. The Morgan fingerprint density at radius 2 is 1.87 bits per heavy atom. The molecule has 0 aliphatic carbocycles. The Kier molecular flexibility index (Phi) is 7.07. The normalized spacial score (nSPS) is 21.6. The first-order valence-electron chi connectivity index (χ1n) is 10.6. The van der Waals surface area contributed by atoms with E-state index in [1.807, 2.05) is 0 Å². The largest absolute Gasteiger partial charge is 0.481 e. The number of carboxylic acid groups (broad SMARTS) is 1. The fourth-order valence-corrected chi connectivity index (χ4v) is 4.00. The number of likely N-dealkylation sites (tertiary alicyclic amines) is 2. The van der Waals surface area contributed by atoms with Crippen molar-refractivity contribution in [3.8, 4) is 0 Å². The van der Waals surface area contributed by atoms with Gasteiger partial charge in [0.15, 0.2) is 0 Å². The van der Waals surface area contributed by atoms with Crippen LogP contribution in [0.5, 0.6) is 0 Å². The van der Waals surface area contributed by atoms with Gasteiger partial charge in [0.2, 0.25) is 11.8 Å². The number of nitrogens with one attached hydrogen (secondary N) is 1. The number of hydrogen-bond acceptors (Lipinski definition) is 4. The van der Waals surface area contributed by atoms with E-state index in [1.165, 1.54) is 0 Å². The molecule has 30 heavy (non-hydrogen) atoms. The van der Waals surface area contributed by atoms with Crippen LogP contribution in [-0.2, 0) is 14.4 Å². The zero-order valence-electron chi connectivity index (χ0n) is 17.3. The second-order valence-electron chi connectivity index (χ2n) is 8.09. The molecule has 162 valence electrons. The van der Waals surface area contributed by atoms with E-state index >= 15 is 0 Å². The quantitative estimate of drug-likeness (QED) is 0.710. The predicted octanol–water partition coefficient (Wildman–Crippen LogP) is 2.21. The minimum absolute atomic E-state index is 0.0192. The average molecular weight is 415 g/mol. The van der Waals surface area contributed by atoms with Crippen LogP contribution >= 0.6 is 0 Å². The van der Waals surface area contributed by atoms with Crippen LogP contribution in [0, 0.1) is 11.8 Å². The summed E-state index contributed by atoms with van der Waals surface area (Å²) in [6.07, 6.45) is 3.42. The molecule has 2 aliphatic rings. The van der Waals surface area contributed by atoms with Crippen LogP contribution in [0.2, 0.25) is 0 Å². The Bertz CT molecular complexity index is 807. The van der Waals surface area contributed by atoms with Crippen molar-refractivity contribution >= 4 is 29.4 Å². The summed E-state index contributed by atoms with van der Waals surface area (Å²) in [7, 11) is 0. The van der Waals surface area contributed by atoms with Gasteiger partial charge in [-0.15, -0.1) is 0 Å². The number of unbranched alkanes of at least 4 members (excludes halogenated alkanes) is 1. The Hall–Kier alpha value is -2.90. The molecule has 0 radical (unpaired) electrons. The van der Waals surface area contributed by atoms with Gasteiger partial charge in [-0.05, 0) is 43.5 Å². The predicted molar refractivity (Wildman–Crippen MR) is 111 cm³/mol. The van der Waals surface area contributed by atoms with Crippen LogP contribution < -0.4 is 5.32 Å². The van der Waals surface area contributed by atoms with E-state index in [1.54, 1.807) is 34.1 Å². The van der Waals surface area contributed by atoms with Gasteiger partial charge in [0.05, 0.1) is 11.8 Å². The summed E-state index contributed by atoms with van der Waals surface area (Å²) < 4.78 is 0. The number of carbonyl (C=O) groups is 4. The molecule has 3 amide bonds. The van der Waals surface area contributed by atoms with Crippen LogP contribution in [0.3, 0.4) is 0 Å². The molecule has 0 saturated carbocycles. The van der Waals surface area contributed by atoms with E-state index in [4.69, 9.17) is 0 Å². The maximum Gasteiger partial charge on any atom is 0.308 e. The molecular weight excluding hydrogens is 386 g/mol. The molecule has 0 spiro atoms. The molecule has 3 rings (SSSR count). The Balaban J connectivity index is 1.55. The highest BCUT2D eigenvalue weighted by molar-refractivity contribution is 5.98. The van der Waals surface area contributed by atoms with Crippen molar-refractivity contribution in [1.82, 2.24) is 9.80 Å². The smallest absolute Gasteiger partial charge is 0.308 e. The van der Waals surface area contributed by atoms with E-state index in [-0.39, 0.29) is 36.6 Å². The summed E-state index contributed by atoms with van der Waals surface area (Å²) in [5, 5.41) is 12.0. The van der Waals surface area contributed by atoms with Crippen molar-refractivity contribution in [3.05, 3.63) is 29.8 Å². The molecule has 2 fully saturated rings. The van der Waals surface area contributed by atoms with Crippen molar-refractivity contribution in [2.75, 3.05) is 31.5 Å². The Labute approximate surface area is 176 Å². The molecule has 0 unspecified atom stereocenters. The van der Waals surface area contributed by atoms with Crippen molar-refractivity contribution in [2.45, 2.75) is 39.0 Å². The topological polar surface area (TPSA) is 107 Å². The zero-order valence-corrected chi connectivity index (χ0v) is 17.3. The van der Waals surface area contributed by atoms with Gasteiger partial charge in [0.1, 0.15) is 0 Å². The molecule has 8 heteroatoms. The van der Waals surface area contributed by atoms with Gasteiger partial charge in [0.25, 0.3) is 5.91 Å². The standard InChI is InChI=1S/C22H29N3O5/c1-2-3-10-24-14-17(12-19(24)26)20(27)23-18-8-6-15(7-9-18)21(28)25-11-4-5-16(13-25)22(29)30/h6-9,16-17H,2-5,10-14H2,1H3,(H,23,27)(H,29,30)/t16-,17+/m1/s1. The van der Waals surface area contributed by atoms with Crippen molar-refractivity contribution in [1.29, 1.82) is 0 Å². The second-order valence-corrected chi connectivity index (χ2v) is 8.09. The van der Waals surface area contributed by atoms with Crippen molar-refractivity contribution in [2.24, 2.45) is 11.8 Å². The lowest BCUT2D eigenvalue weighted by atomic mass is 9.97. The molecule has 2 aliphatic heterocycles. The number of rotatable bonds is 7. The third kappa shape index (κ3) is 5.17. The lowest BCUT2D eigenvalue weighted by Gasteiger charge is -2.30. The Morgan fingerprint density at radius 1 is 1.13 bits per heavy atom. The summed E-state index contributed by atoms with van der Waals surface area (Å²) in [4.78, 5) is 51.8. The minimum Gasteiger partial charge on any atom is -0.481 e. The maximum absolute atomic E-state index is 12.7. The third-order valence-corrected chi connectivity index (χ3v) is 5.82. The highest BCUT2D eigenvalue weighted by Crippen LogP contribution is 2.22. The fourth-order valence-electron chi connectivity index (χ4n) is 4.00. The Morgan fingerprint density at radius 3 is 2.53 bits per heavy atom. The SMILES string of the molecule is CCCCN1C[C@@H](C(=O)Nc2ccc(C(=O)N3CCC[C@@H](C(=O)O)C3)cc2)CC1=O. The van der Waals surface area contributed by atoms with Gasteiger partial charge < -0.3 is 20.2 Å². The van der Waals surface area contributed by atoms with E-state index in [0.29, 0.717) is 43.7 Å². The number of carbonyl (C=O) groups excluding carboxylic acids is 3. The van der Waals surface area contributed by atoms with Crippen LogP contribution in [0.1, 0.15) is 49.4 Å². The molecule has 1 aromatic carbocycles. The van der Waals surface area contributed by atoms with Crippen LogP contribution in [-0.4, -0.2) is 64.8 Å². The number of benzene rings is 1. The molecule has 2 saturated heterocycles. The lowest BCUT2D eigenvalue weighted by molar-refractivity contribution is -0.143. The first-order valence-corrected chi connectivity index (χ1v) is 10.6. The van der Waals surface area contributed by atoms with E-state index in [2.05, 4.69) is 12.2 Å². The number of anilines is 1. The lowest BCUT2D eigenvalue weighted by Crippen LogP contribution is -2.42. The van der Waals surface area contributed by atoms with Gasteiger partial charge in [-0.2, -0.15) is 0 Å². The van der Waals surface area contributed by atoms with E-state index in [9.17, 15) is 24.3 Å². The van der Waals surface area contributed by atoms with Gasteiger partial charge >= 0.3 is 5.97 Å². The summed E-state index contributed by atoms with van der Waals surface area (Å²) >= 11 is 0. The summed E-state index contributed by atoms with van der Waals surface area (Å²) in [6.45, 7) is 3.97. The maximum atomic E-state index is 12.7. The number of hydrogen-bond donors (Lipinski definition) is 2. The highest BCUT2D eigenvalue weighted by atomic mass is 16.4. The number of piperidine rings is 1. The summed E-state index contributed by atoms with van der Waals surface area (Å²) in [5.74, 6) is -2.13. The summed E-state index contributed by atoms with van der Waals surface area (Å²) in [6, 6.07) is 6.59. The number of nitrogens with zero attached hydrogens (tertiary/aromatic N) is 2. The zero-order chi connectivity index (χ0) is 21.7. The first kappa shape index (κ1) is 21.8. The van der Waals surface area contributed by atoms with E-state index < -0.39 is 11.9 Å². The number of aliphatic carboxylic acids is 1. The van der Waals surface area contributed by atoms with Crippen LogP contribution in [0.4, 0.5) is 5.69 Å². The highest BCUT2D eigenvalue weighted by Gasteiger charge is 2.34. The van der Waals surface area contributed by atoms with Gasteiger partial charge in [-0.3, -0.25) is 19.2 Å². The van der Waals surface area contributed by atoms with Gasteiger partial charge in [0, 0.05) is 43.9 Å². The van der Waals surface area contributed by atoms with Crippen LogP contribution in [0.15, 0.2) is 24.3 Å². The summed E-state index contributed by atoms with van der Waals surface area (Å²) in [5.41, 5.74) is 1.03. The molecule has 2 heterocycles. The molecule has 1 aromatic rings. The van der Waals surface area contributed by atoms with Crippen molar-refractivity contribution in [3.63, 3.8) is 0 Å². The minimum atomic E-state index is -0.871. The molecule has 0 aromatic heterocycles. The molecular formula is C22H29N3O5. The fraction of sp³-hybridized carbons (Fsp3) is 0.545. The van der Waals surface area contributed by atoms with Crippen molar-refractivity contribution < 1.29 is 24.3 Å². The third-order valence-electron chi connectivity index (χ3n) is 5.82. The molecule has 2 atom stereocenters. The van der Waals surface area contributed by atoms with E-state index in [0.717, 1.165) is 12.8 Å². The number of carboxylic acids is 1. The van der Waals surface area contributed by atoms with Crippen LogP contribution in [0.25, 0.3) is 0 Å². The first-order chi connectivity index (χ1) is 14.4. The van der Waals surface area contributed by atoms with Gasteiger partial charge in [-0.1, -0.05) is 13.3 Å². The second kappa shape index (κ2) is 9.73. The number of amides is 3. The van der Waals surface area contributed by atoms with Gasteiger partial charge in [-0.25, -0.2) is 0 Å². The molecule has 8 nitrogen and oxygen atoms in total. The monoisotopic (exact) mass is 415 g/mol.